The lowest BCUT2D eigenvalue weighted by atomic mass is 9.95. The first-order valence-corrected chi connectivity index (χ1v) is 9.22. The lowest BCUT2D eigenvalue weighted by Crippen LogP contribution is -2.33. The Morgan fingerprint density at radius 3 is 2.95 bits per heavy atom. The molecule has 1 saturated heterocycles. The summed E-state index contributed by atoms with van der Waals surface area (Å²) >= 11 is 6.14. The average molecular weight is 317 g/mol. The second-order valence-corrected chi connectivity index (χ2v) is 8.07. The molecule has 0 radical (unpaired) electrons. The SMILES string of the molecule is CCNC(Cc1ccncc1Cl)CC1CCS(=O)(=O)C1. The van der Waals surface area contributed by atoms with Gasteiger partial charge in [-0.1, -0.05) is 18.5 Å². The van der Waals surface area contributed by atoms with E-state index in [9.17, 15) is 8.42 Å². The Labute approximate surface area is 125 Å². The molecule has 1 aromatic rings. The van der Waals surface area contributed by atoms with Crippen LogP contribution in [0.25, 0.3) is 0 Å². The average Bonchev–Trinajstić information content (AvgIpc) is 2.72. The molecule has 112 valence electrons. The van der Waals surface area contributed by atoms with E-state index in [4.69, 9.17) is 11.6 Å². The summed E-state index contributed by atoms with van der Waals surface area (Å²) in [6.45, 7) is 2.93. The maximum Gasteiger partial charge on any atom is 0.150 e. The van der Waals surface area contributed by atoms with Crippen molar-refractivity contribution >= 4 is 21.4 Å². The largest absolute Gasteiger partial charge is 0.314 e. The van der Waals surface area contributed by atoms with Gasteiger partial charge in [0.25, 0.3) is 0 Å². The van der Waals surface area contributed by atoms with Gasteiger partial charge in [-0.25, -0.2) is 8.42 Å². The number of hydrogen-bond donors (Lipinski definition) is 1. The minimum Gasteiger partial charge on any atom is -0.314 e. The van der Waals surface area contributed by atoms with Crippen LogP contribution in [0.4, 0.5) is 0 Å². The molecule has 2 rings (SSSR count). The molecule has 1 aliphatic heterocycles. The number of halogens is 1. The van der Waals surface area contributed by atoms with E-state index in [2.05, 4.69) is 17.2 Å². The minimum absolute atomic E-state index is 0.262. The first kappa shape index (κ1) is 15.7. The number of rotatable bonds is 6. The van der Waals surface area contributed by atoms with Crippen molar-refractivity contribution in [2.24, 2.45) is 5.92 Å². The molecule has 1 aliphatic rings. The van der Waals surface area contributed by atoms with Gasteiger partial charge >= 0.3 is 0 Å². The van der Waals surface area contributed by atoms with Crippen molar-refractivity contribution in [1.29, 1.82) is 0 Å². The van der Waals surface area contributed by atoms with Gasteiger partial charge in [-0.05, 0) is 43.4 Å². The van der Waals surface area contributed by atoms with Gasteiger partial charge in [-0.2, -0.15) is 0 Å². The Hall–Kier alpha value is -0.650. The highest BCUT2D eigenvalue weighted by molar-refractivity contribution is 7.91. The fourth-order valence-electron chi connectivity index (χ4n) is 2.82. The summed E-state index contributed by atoms with van der Waals surface area (Å²) in [6.07, 6.45) is 5.87. The molecule has 20 heavy (non-hydrogen) atoms. The minimum atomic E-state index is -2.80. The second-order valence-electron chi connectivity index (χ2n) is 5.43. The molecule has 1 N–H and O–H groups in total. The molecule has 0 aliphatic carbocycles. The quantitative estimate of drug-likeness (QED) is 0.873. The standard InChI is InChI=1S/C14H21ClN2O2S/c1-2-17-13(7-11-4-6-20(18,19)10-11)8-12-3-5-16-9-14(12)15/h3,5,9,11,13,17H,2,4,6-8,10H2,1H3. The zero-order valence-corrected chi connectivity index (χ0v) is 13.3. The van der Waals surface area contributed by atoms with Crippen LogP contribution >= 0.6 is 11.6 Å². The molecule has 1 aromatic heterocycles. The van der Waals surface area contributed by atoms with Crippen molar-refractivity contribution in [2.75, 3.05) is 18.1 Å². The molecule has 0 bridgehead atoms. The van der Waals surface area contributed by atoms with E-state index in [1.54, 1.807) is 12.4 Å². The summed E-state index contributed by atoms with van der Waals surface area (Å²) in [5.74, 6) is 0.940. The van der Waals surface area contributed by atoms with Crippen LogP contribution in [0.2, 0.25) is 5.02 Å². The number of hydrogen-bond acceptors (Lipinski definition) is 4. The van der Waals surface area contributed by atoms with Crippen LogP contribution < -0.4 is 5.32 Å². The summed E-state index contributed by atoms with van der Waals surface area (Å²) in [6, 6.07) is 2.19. The Kier molecular flexibility index (Phi) is 5.41. The third-order valence-electron chi connectivity index (χ3n) is 3.76. The summed E-state index contributed by atoms with van der Waals surface area (Å²) in [5.41, 5.74) is 1.06. The Bertz CT molecular complexity index is 548. The molecule has 2 heterocycles. The van der Waals surface area contributed by atoms with Crippen molar-refractivity contribution in [1.82, 2.24) is 10.3 Å². The van der Waals surface area contributed by atoms with Crippen LogP contribution in [0, 0.1) is 5.92 Å². The van der Waals surface area contributed by atoms with Gasteiger partial charge in [0.05, 0.1) is 16.5 Å². The molecular formula is C14H21ClN2O2S. The fourth-order valence-corrected chi connectivity index (χ4v) is 4.90. The number of likely N-dealkylation sites (N-methyl/N-ethyl adjacent to an activating group) is 1. The van der Waals surface area contributed by atoms with E-state index >= 15 is 0 Å². The van der Waals surface area contributed by atoms with Crippen molar-refractivity contribution in [3.05, 3.63) is 29.0 Å². The molecule has 0 saturated carbocycles. The monoisotopic (exact) mass is 316 g/mol. The van der Waals surface area contributed by atoms with E-state index in [0.717, 1.165) is 31.4 Å². The second kappa shape index (κ2) is 6.87. The van der Waals surface area contributed by atoms with E-state index < -0.39 is 9.84 Å². The summed E-state index contributed by atoms with van der Waals surface area (Å²) in [7, 11) is -2.80. The molecule has 6 heteroatoms. The predicted octanol–water partition coefficient (Wildman–Crippen LogP) is 2.08. The molecule has 0 aromatic carbocycles. The Morgan fingerprint density at radius 1 is 1.55 bits per heavy atom. The first-order chi connectivity index (χ1) is 9.50. The van der Waals surface area contributed by atoms with Gasteiger partial charge in [0.15, 0.2) is 9.84 Å². The third-order valence-corrected chi connectivity index (χ3v) is 5.94. The van der Waals surface area contributed by atoms with Crippen molar-refractivity contribution < 1.29 is 8.42 Å². The zero-order valence-electron chi connectivity index (χ0n) is 11.7. The number of aromatic nitrogens is 1. The summed E-state index contributed by atoms with van der Waals surface area (Å²) in [4.78, 5) is 3.99. The number of nitrogens with one attached hydrogen (secondary N) is 1. The number of nitrogens with zero attached hydrogens (tertiary/aromatic N) is 1. The molecule has 1 fully saturated rings. The van der Waals surface area contributed by atoms with E-state index in [-0.39, 0.29) is 12.0 Å². The number of pyridine rings is 1. The fraction of sp³-hybridized carbons (Fsp3) is 0.643. The van der Waals surface area contributed by atoms with E-state index in [1.807, 2.05) is 6.07 Å². The zero-order chi connectivity index (χ0) is 14.6. The molecule has 0 spiro atoms. The Morgan fingerprint density at radius 2 is 2.35 bits per heavy atom. The predicted molar refractivity (Wildman–Crippen MR) is 81.8 cm³/mol. The highest BCUT2D eigenvalue weighted by Gasteiger charge is 2.29. The molecule has 4 nitrogen and oxygen atoms in total. The van der Waals surface area contributed by atoms with Crippen molar-refractivity contribution in [2.45, 2.75) is 32.2 Å². The smallest absolute Gasteiger partial charge is 0.150 e. The summed E-state index contributed by atoms with van der Waals surface area (Å²) < 4.78 is 23.1. The van der Waals surface area contributed by atoms with Gasteiger partial charge in [0.2, 0.25) is 0 Å². The van der Waals surface area contributed by atoms with Gasteiger partial charge < -0.3 is 5.32 Å². The first-order valence-electron chi connectivity index (χ1n) is 7.02. The topological polar surface area (TPSA) is 59.1 Å². The highest BCUT2D eigenvalue weighted by Crippen LogP contribution is 2.25. The molecule has 2 unspecified atom stereocenters. The van der Waals surface area contributed by atoms with Crippen LogP contribution in [-0.4, -0.2) is 37.5 Å². The molecular weight excluding hydrogens is 296 g/mol. The molecule has 2 atom stereocenters. The number of sulfone groups is 1. The van der Waals surface area contributed by atoms with E-state index in [1.165, 1.54) is 0 Å². The van der Waals surface area contributed by atoms with Crippen LogP contribution in [0.1, 0.15) is 25.3 Å². The van der Waals surface area contributed by atoms with Crippen LogP contribution in [0.5, 0.6) is 0 Å². The highest BCUT2D eigenvalue weighted by atomic mass is 35.5. The third kappa shape index (κ3) is 4.43. The Balaban J connectivity index is 1.99. The summed E-state index contributed by atoms with van der Waals surface area (Å²) in [5, 5.41) is 4.11. The van der Waals surface area contributed by atoms with Crippen molar-refractivity contribution in [3.8, 4) is 0 Å². The van der Waals surface area contributed by atoms with Crippen LogP contribution in [0.15, 0.2) is 18.5 Å². The van der Waals surface area contributed by atoms with Crippen LogP contribution in [-0.2, 0) is 16.3 Å². The maximum atomic E-state index is 11.5. The van der Waals surface area contributed by atoms with Crippen LogP contribution in [0.3, 0.4) is 0 Å². The molecule has 0 amide bonds. The lowest BCUT2D eigenvalue weighted by molar-refractivity contribution is 0.409. The van der Waals surface area contributed by atoms with Gasteiger partial charge in [-0.15, -0.1) is 0 Å². The van der Waals surface area contributed by atoms with Gasteiger partial charge in [0, 0.05) is 18.4 Å². The lowest BCUT2D eigenvalue weighted by Gasteiger charge is -2.21. The van der Waals surface area contributed by atoms with Gasteiger partial charge in [0.1, 0.15) is 0 Å². The van der Waals surface area contributed by atoms with Gasteiger partial charge in [-0.3, -0.25) is 4.98 Å². The maximum absolute atomic E-state index is 11.5. The normalized spacial score (nSPS) is 22.8. The van der Waals surface area contributed by atoms with E-state index in [0.29, 0.717) is 16.5 Å². The van der Waals surface area contributed by atoms with Crippen molar-refractivity contribution in [3.63, 3.8) is 0 Å².